The molecule has 4 aromatic rings. The Kier molecular flexibility index (Phi) is 8.43. The predicted molar refractivity (Wildman–Crippen MR) is 161 cm³/mol. The number of anilines is 1. The van der Waals surface area contributed by atoms with E-state index in [9.17, 15) is 14.7 Å². The van der Waals surface area contributed by atoms with E-state index in [0.717, 1.165) is 22.5 Å². The number of carboxylic acids is 1. The van der Waals surface area contributed by atoms with Crippen molar-refractivity contribution in [2.24, 2.45) is 13.0 Å². The first-order chi connectivity index (χ1) is 21.4. The van der Waals surface area contributed by atoms with Gasteiger partial charge in [0.1, 0.15) is 11.5 Å². The second kappa shape index (κ2) is 12.4. The summed E-state index contributed by atoms with van der Waals surface area (Å²) in [6.45, 7) is 1.35. The van der Waals surface area contributed by atoms with Crippen LogP contribution in [0.1, 0.15) is 54.1 Å². The van der Waals surface area contributed by atoms with Crippen LogP contribution in [-0.4, -0.2) is 92.4 Å². The first kappa shape index (κ1) is 29.9. The standard InChI is InChI=1S/C31H37N7O6/c1-37-12-8-24(36-37)23-5-4-20(17-33-23)22-18-34-38-28(22)35-27(26-25(39)7-11-32-29(26)38)19-6-10-31(30(40)41,44-15-14-43-3)21(16-19)9-13-42-2/h4-5,8,12,17-19,21,32H,6-7,9-11,13-16H2,1-3H3,(H,40,41)/t19-,21?,31-/m1/s1. The van der Waals surface area contributed by atoms with Crippen molar-refractivity contribution in [1.29, 1.82) is 0 Å². The Morgan fingerprint density at radius 2 is 1.98 bits per heavy atom. The lowest BCUT2D eigenvalue weighted by atomic mass is 9.68. The second-order valence-corrected chi connectivity index (χ2v) is 11.4. The van der Waals surface area contributed by atoms with E-state index < -0.39 is 11.6 Å². The number of rotatable bonds is 11. The SMILES string of the molecule is COCCO[C@]1(C(=O)O)CC[C@@H](c2nc3c(-c4ccc(-c5ccn(C)n5)nc4)cnn3c3c2C(=O)CCN3)CC1CCOC. The van der Waals surface area contributed by atoms with Gasteiger partial charge in [0, 0.05) is 76.2 Å². The molecule has 4 aromatic heterocycles. The monoisotopic (exact) mass is 603 g/mol. The van der Waals surface area contributed by atoms with Gasteiger partial charge in [0.2, 0.25) is 0 Å². The molecule has 2 aliphatic rings. The van der Waals surface area contributed by atoms with E-state index in [4.69, 9.17) is 19.2 Å². The van der Waals surface area contributed by atoms with Crippen LogP contribution in [0, 0.1) is 5.92 Å². The smallest absolute Gasteiger partial charge is 0.336 e. The zero-order valence-corrected chi connectivity index (χ0v) is 25.2. The molecule has 6 rings (SSSR count). The highest BCUT2D eigenvalue weighted by atomic mass is 16.5. The Hall–Kier alpha value is -4.20. The number of aromatic nitrogens is 6. The van der Waals surface area contributed by atoms with Crippen LogP contribution in [0.3, 0.4) is 0 Å². The molecule has 0 radical (unpaired) electrons. The fraction of sp³-hybridized carbons (Fsp3) is 0.484. The number of hydrogen-bond donors (Lipinski definition) is 2. The van der Waals surface area contributed by atoms with E-state index in [1.54, 1.807) is 35.8 Å². The van der Waals surface area contributed by atoms with E-state index >= 15 is 0 Å². The van der Waals surface area contributed by atoms with E-state index in [2.05, 4.69) is 20.5 Å². The van der Waals surface area contributed by atoms with Crippen LogP contribution in [0.15, 0.2) is 36.8 Å². The molecule has 2 N–H and O–H groups in total. The molecule has 0 saturated heterocycles. The van der Waals surface area contributed by atoms with Crippen LogP contribution in [0.4, 0.5) is 5.82 Å². The Morgan fingerprint density at radius 1 is 1.14 bits per heavy atom. The fourth-order valence-electron chi connectivity index (χ4n) is 6.57. The van der Waals surface area contributed by atoms with E-state index in [0.29, 0.717) is 68.2 Å². The van der Waals surface area contributed by atoms with Crippen molar-refractivity contribution < 1.29 is 28.9 Å². The predicted octanol–water partition coefficient (Wildman–Crippen LogP) is 3.60. The van der Waals surface area contributed by atoms with E-state index in [1.807, 2.05) is 31.4 Å². The zero-order chi connectivity index (χ0) is 30.8. The largest absolute Gasteiger partial charge is 0.479 e. The van der Waals surface area contributed by atoms with Gasteiger partial charge in [-0.25, -0.2) is 9.78 Å². The quantitative estimate of drug-likeness (QED) is 0.242. The summed E-state index contributed by atoms with van der Waals surface area (Å²) in [5, 5.41) is 22.9. The van der Waals surface area contributed by atoms with Gasteiger partial charge in [-0.3, -0.25) is 14.5 Å². The minimum absolute atomic E-state index is 0.00133. The highest BCUT2D eigenvalue weighted by Gasteiger charge is 2.51. The lowest BCUT2D eigenvalue weighted by molar-refractivity contribution is -0.185. The number of aliphatic carboxylic acids is 1. The average Bonchev–Trinajstić information content (AvgIpc) is 3.67. The third-order valence-electron chi connectivity index (χ3n) is 8.81. The van der Waals surface area contributed by atoms with E-state index in [1.165, 1.54) is 0 Å². The molecule has 5 heterocycles. The second-order valence-electron chi connectivity index (χ2n) is 11.4. The summed E-state index contributed by atoms with van der Waals surface area (Å²) in [4.78, 5) is 35.9. The topological polar surface area (TPSA) is 155 Å². The molecule has 1 aliphatic carbocycles. The molecule has 0 aromatic carbocycles. The molecule has 1 fully saturated rings. The highest BCUT2D eigenvalue weighted by Crippen LogP contribution is 2.47. The number of nitrogens with zero attached hydrogens (tertiary/aromatic N) is 6. The summed E-state index contributed by atoms with van der Waals surface area (Å²) in [7, 11) is 5.02. The van der Waals surface area contributed by atoms with Crippen molar-refractivity contribution in [3.05, 3.63) is 48.0 Å². The first-order valence-electron chi connectivity index (χ1n) is 14.9. The van der Waals surface area contributed by atoms with Gasteiger partial charge >= 0.3 is 5.97 Å². The van der Waals surface area contributed by atoms with Gasteiger partial charge in [-0.1, -0.05) is 6.07 Å². The van der Waals surface area contributed by atoms with Crippen molar-refractivity contribution in [3.8, 4) is 22.5 Å². The third kappa shape index (κ3) is 5.35. The van der Waals surface area contributed by atoms with Crippen LogP contribution >= 0.6 is 0 Å². The maximum absolute atomic E-state index is 13.4. The van der Waals surface area contributed by atoms with Crippen LogP contribution in [0.2, 0.25) is 0 Å². The van der Waals surface area contributed by atoms with Gasteiger partial charge in [0.15, 0.2) is 17.0 Å². The number of carbonyl (C=O) groups excluding carboxylic acids is 1. The molecule has 13 heteroatoms. The molecule has 3 atom stereocenters. The molecule has 0 spiro atoms. The third-order valence-corrected chi connectivity index (χ3v) is 8.81. The molecule has 1 saturated carbocycles. The molecule has 232 valence electrons. The number of hydrogen-bond acceptors (Lipinski definition) is 10. The average molecular weight is 604 g/mol. The van der Waals surface area contributed by atoms with Gasteiger partial charge in [-0.2, -0.15) is 14.7 Å². The lowest BCUT2D eigenvalue weighted by Crippen LogP contribution is -2.52. The van der Waals surface area contributed by atoms with Crippen molar-refractivity contribution >= 4 is 23.2 Å². The van der Waals surface area contributed by atoms with Crippen LogP contribution in [0.25, 0.3) is 28.2 Å². The lowest BCUT2D eigenvalue weighted by Gasteiger charge is -2.43. The van der Waals surface area contributed by atoms with Gasteiger partial charge in [0.25, 0.3) is 0 Å². The van der Waals surface area contributed by atoms with Crippen LogP contribution < -0.4 is 5.32 Å². The van der Waals surface area contributed by atoms with E-state index in [-0.39, 0.29) is 30.6 Å². The molecule has 1 unspecified atom stereocenters. The Balaban J connectivity index is 1.40. The molecule has 0 amide bonds. The summed E-state index contributed by atoms with van der Waals surface area (Å²) < 4.78 is 20.0. The number of aryl methyl sites for hydroxylation is 1. The number of ether oxygens (including phenoxy) is 3. The Bertz CT molecular complexity index is 1670. The number of carbonyl (C=O) groups is 2. The van der Waals surface area contributed by atoms with Crippen molar-refractivity contribution in [2.45, 2.75) is 43.6 Å². The molecular weight excluding hydrogens is 566 g/mol. The summed E-state index contributed by atoms with van der Waals surface area (Å²) >= 11 is 0. The van der Waals surface area contributed by atoms with Gasteiger partial charge < -0.3 is 24.6 Å². The van der Waals surface area contributed by atoms with Crippen molar-refractivity contribution in [1.82, 2.24) is 29.4 Å². The summed E-state index contributed by atoms with van der Waals surface area (Å²) in [6, 6.07) is 5.79. The first-order valence-corrected chi connectivity index (χ1v) is 14.9. The Labute approximate surface area is 254 Å². The molecule has 0 bridgehead atoms. The number of pyridine rings is 1. The number of carboxylic acid groups (broad SMARTS) is 1. The summed E-state index contributed by atoms with van der Waals surface area (Å²) in [5.74, 6) is -0.892. The molecular formula is C31H37N7O6. The maximum atomic E-state index is 13.4. The van der Waals surface area contributed by atoms with Crippen molar-refractivity contribution in [3.63, 3.8) is 0 Å². The Morgan fingerprint density at radius 3 is 2.68 bits per heavy atom. The van der Waals surface area contributed by atoms with Gasteiger partial charge in [-0.05, 0) is 37.8 Å². The van der Waals surface area contributed by atoms with Gasteiger partial charge in [0.05, 0.1) is 36.4 Å². The molecule has 1 aliphatic heterocycles. The number of ketones is 1. The normalized spacial score (nSPS) is 21.8. The minimum atomic E-state index is -1.37. The summed E-state index contributed by atoms with van der Waals surface area (Å²) in [6.07, 6.45) is 7.49. The minimum Gasteiger partial charge on any atom is -0.479 e. The number of fused-ring (bicyclic) bond motifs is 3. The number of nitrogens with one attached hydrogen (secondary N) is 1. The van der Waals surface area contributed by atoms with Gasteiger partial charge in [-0.15, -0.1) is 0 Å². The van der Waals surface area contributed by atoms with Crippen LogP contribution in [-0.2, 0) is 26.1 Å². The number of methoxy groups -OCH3 is 2. The fourth-order valence-corrected chi connectivity index (χ4v) is 6.57. The van der Waals surface area contributed by atoms with Crippen molar-refractivity contribution in [2.75, 3.05) is 45.9 Å². The zero-order valence-electron chi connectivity index (χ0n) is 25.2. The molecule has 44 heavy (non-hydrogen) atoms. The highest BCUT2D eigenvalue weighted by molar-refractivity contribution is 6.04. The summed E-state index contributed by atoms with van der Waals surface area (Å²) in [5.41, 5.74) is 3.57. The molecule has 13 nitrogen and oxygen atoms in total. The maximum Gasteiger partial charge on any atom is 0.336 e. The number of Topliss-reactive ketones (excluding diaryl/α,β-unsaturated/α-hetero) is 1. The van der Waals surface area contributed by atoms with Crippen LogP contribution in [0.5, 0.6) is 0 Å².